The van der Waals surface area contributed by atoms with Gasteiger partial charge < -0.3 is 4.74 Å². The standard InChI is InChI=1S/C10H9ClN2OS/c1-14-10-13-12-9(15-10)6-7-2-4-8(11)5-3-7/h2-5H,6H2,1H3. The van der Waals surface area contributed by atoms with Crippen LogP contribution in [0.4, 0.5) is 0 Å². The van der Waals surface area contributed by atoms with Gasteiger partial charge in [0.25, 0.3) is 5.19 Å². The van der Waals surface area contributed by atoms with Gasteiger partial charge in [0.15, 0.2) is 0 Å². The highest BCUT2D eigenvalue weighted by Gasteiger charge is 2.04. The van der Waals surface area contributed by atoms with Gasteiger partial charge in [-0.05, 0) is 17.7 Å². The summed E-state index contributed by atoms with van der Waals surface area (Å²) in [6, 6.07) is 7.71. The molecular weight excluding hydrogens is 232 g/mol. The summed E-state index contributed by atoms with van der Waals surface area (Å²) in [5.41, 5.74) is 1.17. The monoisotopic (exact) mass is 240 g/mol. The Balaban J connectivity index is 2.11. The molecular formula is C10H9ClN2OS. The second-order valence-corrected chi connectivity index (χ2v) is 4.43. The fourth-order valence-corrected chi connectivity index (χ4v) is 1.98. The van der Waals surface area contributed by atoms with Gasteiger partial charge in [-0.1, -0.05) is 35.1 Å². The highest BCUT2D eigenvalue weighted by Crippen LogP contribution is 2.20. The van der Waals surface area contributed by atoms with Gasteiger partial charge in [0, 0.05) is 11.4 Å². The van der Waals surface area contributed by atoms with Crippen molar-refractivity contribution in [1.82, 2.24) is 10.2 Å². The average molecular weight is 241 g/mol. The lowest BCUT2D eigenvalue weighted by Gasteiger charge is -1.96. The van der Waals surface area contributed by atoms with E-state index in [0.29, 0.717) is 5.19 Å². The molecule has 78 valence electrons. The molecule has 0 aliphatic heterocycles. The molecule has 0 bridgehead atoms. The maximum absolute atomic E-state index is 5.80. The summed E-state index contributed by atoms with van der Waals surface area (Å²) in [5.74, 6) is 0. The zero-order chi connectivity index (χ0) is 10.7. The zero-order valence-electron chi connectivity index (χ0n) is 8.11. The first-order chi connectivity index (χ1) is 7.28. The third-order valence-electron chi connectivity index (χ3n) is 1.89. The van der Waals surface area contributed by atoms with Crippen molar-refractivity contribution in [2.45, 2.75) is 6.42 Å². The maximum atomic E-state index is 5.80. The molecule has 0 saturated carbocycles. The summed E-state index contributed by atoms with van der Waals surface area (Å²) in [4.78, 5) is 0. The number of benzene rings is 1. The molecule has 0 saturated heterocycles. The van der Waals surface area contributed by atoms with Crippen molar-refractivity contribution in [2.75, 3.05) is 7.11 Å². The molecule has 0 aliphatic carbocycles. The van der Waals surface area contributed by atoms with Crippen LogP contribution in [0.5, 0.6) is 5.19 Å². The molecule has 3 nitrogen and oxygen atoms in total. The molecule has 5 heteroatoms. The van der Waals surface area contributed by atoms with Crippen molar-refractivity contribution in [1.29, 1.82) is 0 Å². The molecule has 0 amide bonds. The second-order valence-electron chi connectivity index (χ2n) is 2.97. The van der Waals surface area contributed by atoms with Gasteiger partial charge in [0.2, 0.25) is 0 Å². The minimum atomic E-state index is 0.596. The van der Waals surface area contributed by atoms with E-state index < -0.39 is 0 Å². The summed E-state index contributed by atoms with van der Waals surface area (Å²) in [6.07, 6.45) is 0.762. The number of hydrogen-bond acceptors (Lipinski definition) is 4. The van der Waals surface area contributed by atoms with Crippen molar-refractivity contribution in [3.8, 4) is 5.19 Å². The Morgan fingerprint density at radius 3 is 2.60 bits per heavy atom. The molecule has 0 unspecified atom stereocenters. The average Bonchev–Trinajstić information content (AvgIpc) is 2.69. The molecule has 15 heavy (non-hydrogen) atoms. The van der Waals surface area contributed by atoms with Crippen LogP contribution in [0.2, 0.25) is 5.02 Å². The zero-order valence-corrected chi connectivity index (χ0v) is 9.68. The van der Waals surface area contributed by atoms with E-state index in [4.69, 9.17) is 16.3 Å². The Hall–Kier alpha value is -1.13. The highest BCUT2D eigenvalue weighted by molar-refractivity contribution is 7.13. The van der Waals surface area contributed by atoms with E-state index in [1.54, 1.807) is 7.11 Å². The Labute approximate surface area is 96.7 Å². The molecule has 0 N–H and O–H groups in total. The number of ether oxygens (including phenoxy) is 1. The van der Waals surface area contributed by atoms with E-state index in [0.717, 1.165) is 16.5 Å². The van der Waals surface area contributed by atoms with E-state index in [1.807, 2.05) is 24.3 Å². The summed E-state index contributed by atoms with van der Waals surface area (Å²) in [6.45, 7) is 0. The van der Waals surface area contributed by atoms with E-state index in [1.165, 1.54) is 16.9 Å². The SMILES string of the molecule is COc1nnc(Cc2ccc(Cl)cc2)s1. The largest absolute Gasteiger partial charge is 0.472 e. The van der Waals surface area contributed by atoms with Gasteiger partial charge in [0.1, 0.15) is 5.01 Å². The van der Waals surface area contributed by atoms with Crippen LogP contribution in [0.25, 0.3) is 0 Å². The molecule has 1 aromatic heterocycles. The van der Waals surface area contributed by atoms with Gasteiger partial charge in [-0.2, -0.15) is 0 Å². The molecule has 2 aromatic rings. The van der Waals surface area contributed by atoms with E-state index >= 15 is 0 Å². The molecule has 1 aromatic carbocycles. The minimum absolute atomic E-state index is 0.596. The lowest BCUT2D eigenvalue weighted by Crippen LogP contribution is -1.86. The van der Waals surface area contributed by atoms with Crippen LogP contribution in [0.1, 0.15) is 10.6 Å². The van der Waals surface area contributed by atoms with Gasteiger partial charge in [-0.15, -0.1) is 10.2 Å². The lowest BCUT2D eigenvalue weighted by molar-refractivity contribution is 0.407. The van der Waals surface area contributed by atoms with Crippen molar-refractivity contribution >= 4 is 22.9 Å². The topological polar surface area (TPSA) is 35.0 Å². The minimum Gasteiger partial charge on any atom is -0.472 e. The highest BCUT2D eigenvalue weighted by atomic mass is 35.5. The fourth-order valence-electron chi connectivity index (χ4n) is 1.17. The van der Waals surface area contributed by atoms with Gasteiger partial charge >= 0.3 is 0 Å². The van der Waals surface area contributed by atoms with Crippen LogP contribution in [-0.4, -0.2) is 17.3 Å². The number of halogens is 1. The molecule has 0 radical (unpaired) electrons. The Morgan fingerprint density at radius 2 is 2.00 bits per heavy atom. The van der Waals surface area contributed by atoms with Crippen molar-refractivity contribution < 1.29 is 4.74 Å². The quantitative estimate of drug-likeness (QED) is 0.828. The van der Waals surface area contributed by atoms with Crippen LogP contribution in [0, 0.1) is 0 Å². The third kappa shape index (κ3) is 2.67. The number of methoxy groups -OCH3 is 1. The van der Waals surface area contributed by atoms with Crippen LogP contribution in [-0.2, 0) is 6.42 Å². The smallest absolute Gasteiger partial charge is 0.293 e. The third-order valence-corrected chi connectivity index (χ3v) is 3.03. The number of aromatic nitrogens is 2. The number of nitrogens with zero attached hydrogens (tertiary/aromatic N) is 2. The van der Waals surface area contributed by atoms with Crippen LogP contribution in [0.15, 0.2) is 24.3 Å². The predicted octanol–water partition coefficient (Wildman–Crippen LogP) is 2.79. The summed E-state index contributed by atoms with van der Waals surface area (Å²) < 4.78 is 4.98. The molecule has 2 rings (SSSR count). The normalized spacial score (nSPS) is 10.3. The van der Waals surface area contributed by atoms with E-state index in [-0.39, 0.29) is 0 Å². The summed E-state index contributed by atoms with van der Waals surface area (Å²) >= 11 is 7.25. The van der Waals surface area contributed by atoms with E-state index in [2.05, 4.69) is 10.2 Å². The van der Waals surface area contributed by atoms with Crippen LogP contribution < -0.4 is 4.74 Å². The van der Waals surface area contributed by atoms with Crippen molar-refractivity contribution in [3.63, 3.8) is 0 Å². The van der Waals surface area contributed by atoms with Crippen LogP contribution in [0.3, 0.4) is 0 Å². The number of hydrogen-bond donors (Lipinski definition) is 0. The van der Waals surface area contributed by atoms with E-state index in [9.17, 15) is 0 Å². The summed E-state index contributed by atoms with van der Waals surface area (Å²) in [5, 5.41) is 10.2. The maximum Gasteiger partial charge on any atom is 0.293 e. The fraction of sp³-hybridized carbons (Fsp3) is 0.200. The molecule has 0 atom stereocenters. The van der Waals surface area contributed by atoms with Gasteiger partial charge in [-0.3, -0.25) is 0 Å². The molecule has 0 fully saturated rings. The molecule has 0 spiro atoms. The second kappa shape index (κ2) is 4.59. The molecule has 1 heterocycles. The number of rotatable bonds is 3. The van der Waals surface area contributed by atoms with Crippen molar-refractivity contribution in [3.05, 3.63) is 39.9 Å². The van der Waals surface area contributed by atoms with Crippen molar-refractivity contribution in [2.24, 2.45) is 0 Å². The summed E-state index contributed by atoms with van der Waals surface area (Å²) in [7, 11) is 1.59. The Bertz CT molecular complexity index is 441. The first-order valence-corrected chi connectivity index (χ1v) is 5.58. The first kappa shape index (κ1) is 10.4. The van der Waals surface area contributed by atoms with Gasteiger partial charge in [0.05, 0.1) is 7.11 Å². The molecule has 0 aliphatic rings. The Kier molecular flexibility index (Phi) is 3.18. The van der Waals surface area contributed by atoms with Gasteiger partial charge in [-0.25, -0.2) is 0 Å². The first-order valence-electron chi connectivity index (χ1n) is 4.39. The predicted molar refractivity (Wildman–Crippen MR) is 60.7 cm³/mol. The van der Waals surface area contributed by atoms with Crippen LogP contribution >= 0.6 is 22.9 Å². The Morgan fingerprint density at radius 1 is 1.27 bits per heavy atom. The lowest BCUT2D eigenvalue weighted by atomic mass is 10.2.